The van der Waals surface area contributed by atoms with Crippen molar-refractivity contribution in [2.75, 3.05) is 9.80 Å². The molecule has 9 rings (SSSR count). The zero-order valence-electron chi connectivity index (χ0n) is 60.4. The fraction of sp³-hybridized carbons (Fsp3) is 0.0638. The molecule has 0 N–H and O–H groups in total. The van der Waals surface area contributed by atoms with Gasteiger partial charge < -0.3 is 9.80 Å². The van der Waals surface area contributed by atoms with Crippen molar-refractivity contribution in [2.24, 2.45) is 0 Å². The van der Waals surface area contributed by atoms with Crippen LogP contribution in [-0.4, -0.2) is 0 Å². The lowest BCUT2D eigenvalue weighted by Gasteiger charge is -2.45. The number of anilines is 6. The molecule has 2 nitrogen and oxygen atoms in total. The molecule has 0 amide bonds. The minimum absolute atomic E-state index is 0.0894. The lowest BCUT2D eigenvalue weighted by molar-refractivity contribution is 0.632. The quantitative estimate of drug-likeness (QED) is 0.181. The van der Waals surface area contributed by atoms with E-state index in [0.29, 0.717) is 0 Å². The SMILES string of the molecule is [2H]c1c([2H])c([2H])c(-c2c([2H])c([2H])c3c([2H])c([2H])c([2H])c([2H])c3c2N2c3c([2H])c([2H])c([2H])c([2H])c3C(C([2H])([2H])[2H])(C([2H])([2H])[2H])c3c(N(c4c([2H])c([2H])c([2H])c([2H])c4[2H])c4c([2H])c([2H])c([2H])c5c([2H])c([2H])c([2H])c([2H])c45)c([2H])c([2H])c([2H])c32)c([2H])c1[2H]. The summed E-state index contributed by atoms with van der Waals surface area (Å²) >= 11 is 0. The smallest absolute Gasteiger partial charge is 0.0645 e. The molecule has 0 radical (unpaired) electrons. The normalized spacial score (nSPS) is 24.1. The zero-order valence-corrected chi connectivity index (χ0v) is 24.4. The Hall–Kier alpha value is -6.12. The molecule has 0 aromatic heterocycles. The Morgan fingerprint density at radius 3 is 1.90 bits per heavy atom. The minimum Gasteiger partial charge on any atom is -0.309 e. The van der Waals surface area contributed by atoms with Crippen LogP contribution >= 0.6 is 0 Å². The number of benzene rings is 8. The molecule has 0 atom stereocenters. The third-order valence-corrected chi connectivity index (χ3v) is 7.60. The number of hydrogen-bond acceptors (Lipinski definition) is 2. The van der Waals surface area contributed by atoms with Gasteiger partial charge in [0.05, 0.1) is 69.6 Å². The molecule has 2 heteroatoms. The predicted octanol–water partition coefficient (Wildman–Crippen LogP) is 13.2. The summed E-state index contributed by atoms with van der Waals surface area (Å²) in [5.74, 6) is 0. The molecule has 0 bridgehead atoms. The van der Waals surface area contributed by atoms with Crippen LogP contribution in [0, 0.1) is 0 Å². The molecule has 234 valence electrons. The third kappa shape index (κ3) is 4.63. The standard InChI is InChI=1S/C47H36N2/c1-47(2)40-26-13-14-27-42(40)49(46-38-25-12-10-20-35(38)31-32-39(46)34-17-5-3-6-18-34)44-30-16-29-43(45(44)47)48(36-22-7-4-8-23-36)41-28-15-21-33-19-9-11-24-37(33)41/h3-32H,1-2H3/i1D3,2D3,3D,4D,5D,6D,7D,8D,9D,10D,11D,12D,13D,14D,15D,16D,17D,18D,19D,20D,21D,22D,23D,24D,25D,26D,27D,28D,29D,30D,31D,32D. The van der Waals surface area contributed by atoms with Gasteiger partial charge in [-0.05, 0) is 58.2 Å². The first-order valence-corrected chi connectivity index (χ1v) is 14.1. The Morgan fingerprint density at radius 1 is 0.510 bits per heavy atom. The summed E-state index contributed by atoms with van der Waals surface area (Å²) in [6.07, 6.45) is 0. The maximum atomic E-state index is 9.98. The minimum atomic E-state index is -4.48. The van der Waals surface area contributed by atoms with E-state index in [4.69, 9.17) is 21.9 Å². The highest BCUT2D eigenvalue weighted by atomic mass is 15.2. The van der Waals surface area contributed by atoms with Crippen molar-refractivity contribution in [3.05, 3.63) is 192 Å². The topological polar surface area (TPSA) is 6.48 Å². The highest BCUT2D eigenvalue weighted by Crippen LogP contribution is 2.58. The highest BCUT2D eigenvalue weighted by molar-refractivity contribution is 6.08. The van der Waals surface area contributed by atoms with E-state index in [9.17, 15) is 27.4 Å². The monoisotopic (exact) mass is 665 g/mol. The molecule has 0 saturated heterocycles. The van der Waals surface area contributed by atoms with E-state index in [1.165, 1.54) is 0 Å². The molecule has 8 aromatic rings. The van der Waals surface area contributed by atoms with E-state index in [1.54, 1.807) is 0 Å². The van der Waals surface area contributed by atoms with Crippen molar-refractivity contribution in [1.82, 2.24) is 0 Å². The molecule has 0 aliphatic carbocycles. The average Bonchev–Trinajstić information content (AvgIpc) is 0.680. The van der Waals surface area contributed by atoms with E-state index in [0.717, 1.165) is 0 Å². The molecule has 1 aliphatic heterocycles. The lowest BCUT2D eigenvalue weighted by atomic mass is 9.72. The van der Waals surface area contributed by atoms with Gasteiger partial charge in [0.2, 0.25) is 0 Å². The van der Waals surface area contributed by atoms with Gasteiger partial charge in [-0.15, -0.1) is 0 Å². The summed E-state index contributed by atoms with van der Waals surface area (Å²) in [5, 5.41) is -4.21. The van der Waals surface area contributed by atoms with Crippen molar-refractivity contribution < 1.29 is 49.3 Å². The molecule has 0 fully saturated rings. The average molecular weight is 665 g/mol. The second-order valence-corrected chi connectivity index (χ2v) is 10.3. The molecule has 1 heterocycles. The maximum Gasteiger partial charge on any atom is 0.0645 e. The van der Waals surface area contributed by atoms with E-state index < -0.39 is 278 Å². The van der Waals surface area contributed by atoms with Crippen LogP contribution in [0.25, 0.3) is 32.7 Å². The number of rotatable bonds is 5. The van der Waals surface area contributed by atoms with Crippen LogP contribution in [0.3, 0.4) is 0 Å². The summed E-state index contributed by atoms with van der Waals surface area (Å²) < 4.78 is 332. The molecular weight excluding hydrogens is 593 g/mol. The molecule has 1 aliphatic rings. The summed E-state index contributed by atoms with van der Waals surface area (Å²) in [4.78, 5) is 0.332. The number of nitrogens with zero attached hydrogens (tertiary/aromatic N) is 2. The fourth-order valence-electron chi connectivity index (χ4n) is 5.61. The lowest BCUT2D eigenvalue weighted by Crippen LogP contribution is -2.32. The van der Waals surface area contributed by atoms with Gasteiger partial charge in [0, 0.05) is 41.2 Å². The number of fused-ring (bicyclic) bond motifs is 4. The first kappa shape index (κ1) is 9.96. The Kier molecular flexibility index (Phi) is 2.35. The first-order chi connectivity index (χ1) is 39.1. The first-order valence-electron chi connectivity index (χ1n) is 32.1. The van der Waals surface area contributed by atoms with Crippen LogP contribution < -0.4 is 9.80 Å². The summed E-state index contributed by atoms with van der Waals surface area (Å²) in [6, 6.07) is -39.3. The van der Waals surface area contributed by atoms with Gasteiger partial charge in [0.15, 0.2) is 0 Å². The van der Waals surface area contributed by atoms with E-state index in [-0.39, 0.29) is 9.80 Å². The number of para-hydroxylation sites is 2. The van der Waals surface area contributed by atoms with E-state index in [2.05, 4.69) is 0 Å². The van der Waals surface area contributed by atoms with Crippen molar-refractivity contribution in [3.63, 3.8) is 0 Å². The Labute approximate surface area is 338 Å². The summed E-state index contributed by atoms with van der Waals surface area (Å²) in [5.41, 5.74) is -18.9. The Balaban J connectivity index is 1.79. The van der Waals surface area contributed by atoms with Crippen LogP contribution in [0.5, 0.6) is 0 Å². The molecule has 0 saturated carbocycles. The maximum absolute atomic E-state index is 9.98. The predicted molar refractivity (Wildman–Crippen MR) is 208 cm³/mol. The van der Waals surface area contributed by atoms with Gasteiger partial charge in [-0.25, -0.2) is 0 Å². The Bertz CT molecular complexity index is 4330. The highest BCUT2D eigenvalue weighted by Gasteiger charge is 2.41. The molecule has 0 spiro atoms. The third-order valence-electron chi connectivity index (χ3n) is 7.60. The van der Waals surface area contributed by atoms with Crippen LogP contribution in [0.15, 0.2) is 181 Å². The van der Waals surface area contributed by atoms with Gasteiger partial charge in [-0.1, -0.05) is 159 Å². The molecule has 0 unspecified atom stereocenters. The molecule has 49 heavy (non-hydrogen) atoms. The zero-order chi connectivity index (χ0) is 64.1. The van der Waals surface area contributed by atoms with Crippen LogP contribution in [0.4, 0.5) is 34.1 Å². The second-order valence-electron chi connectivity index (χ2n) is 10.3. The second kappa shape index (κ2) is 11.5. The largest absolute Gasteiger partial charge is 0.309 e. The van der Waals surface area contributed by atoms with E-state index in [1.807, 2.05) is 0 Å². The van der Waals surface area contributed by atoms with Crippen LogP contribution in [0.1, 0.15) is 74.2 Å². The van der Waals surface area contributed by atoms with Crippen molar-refractivity contribution in [3.8, 4) is 11.1 Å². The summed E-state index contributed by atoms with van der Waals surface area (Å²) in [6.45, 7) is -8.97. The van der Waals surface area contributed by atoms with Crippen molar-refractivity contribution in [2.45, 2.75) is 19.1 Å². The van der Waals surface area contributed by atoms with Gasteiger partial charge in [0.25, 0.3) is 0 Å². The Morgan fingerprint density at radius 2 is 1.10 bits per heavy atom. The fourth-order valence-corrected chi connectivity index (χ4v) is 5.61. The molecular formula is C47H36N2. The van der Waals surface area contributed by atoms with Crippen LogP contribution in [-0.2, 0) is 5.41 Å². The van der Waals surface area contributed by atoms with Gasteiger partial charge >= 0.3 is 0 Å². The summed E-state index contributed by atoms with van der Waals surface area (Å²) in [7, 11) is 0. The van der Waals surface area contributed by atoms with Gasteiger partial charge in [0.1, 0.15) is 0 Å². The van der Waals surface area contributed by atoms with Crippen molar-refractivity contribution >= 4 is 55.7 Å². The molecule has 8 aromatic carbocycles. The van der Waals surface area contributed by atoms with E-state index >= 15 is 0 Å². The van der Waals surface area contributed by atoms with Crippen molar-refractivity contribution in [1.29, 1.82) is 0 Å². The van der Waals surface area contributed by atoms with Gasteiger partial charge in [-0.3, -0.25) is 0 Å². The van der Waals surface area contributed by atoms with Crippen LogP contribution in [0.2, 0.25) is 0 Å². The number of hydrogen-bond donors (Lipinski definition) is 0. The van der Waals surface area contributed by atoms with Gasteiger partial charge in [-0.2, -0.15) is 0 Å².